The monoisotopic (exact) mass is 653 g/mol. The minimum atomic E-state index is -1.04. The predicted molar refractivity (Wildman–Crippen MR) is 182 cm³/mol. The molecule has 0 bridgehead atoms. The predicted octanol–water partition coefficient (Wildman–Crippen LogP) is 2.42. The summed E-state index contributed by atoms with van der Waals surface area (Å²) >= 11 is 0. The highest BCUT2D eigenvalue weighted by Gasteiger charge is 2.33. The molecule has 1 saturated heterocycles. The van der Waals surface area contributed by atoms with E-state index in [0.717, 1.165) is 22.0 Å². The number of aromatic nitrogens is 2. The average Bonchev–Trinajstić information content (AvgIpc) is 3.74. The molecule has 5 rings (SSSR count). The van der Waals surface area contributed by atoms with Crippen molar-refractivity contribution in [1.29, 1.82) is 0 Å². The topological polar surface area (TPSA) is 149 Å². The first-order chi connectivity index (χ1) is 23.0. The van der Waals surface area contributed by atoms with Crippen molar-refractivity contribution in [3.05, 3.63) is 95.9 Å². The Kier molecular flexibility index (Phi) is 10.6. The van der Waals surface area contributed by atoms with Crippen LogP contribution in [-0.2, 0) is 32.0 Å². The average molecular weight is 654 g/mol. The lowest BCUT2D eigenvalue weighted by molar-refractivity contribution is -0.142. The Bertz CT molecular complexity index is 1780. The molecule has 2 aromatic heterocycles. The Morgan fingerprint density at radius 3 is 2.35 bits per heavy atom. The zero-order valence-electron chi connectivity index (χ0n) is 27.7. The Labute approximate surface area is 279 Å². The van der Waals surface area contributed by atoms with E-state index in [1.165, 1.54) is 16.8 Å². The van der Waals surface area contributed by atoms with Gasteiger partial charge in [-0.1, -0.05) is 48.5 Å². The molecule has 0 saturated carbocycles. The molecule has 1 fully saturated rings. The maximum Gasteiger partial charge on any atom is 0.271 e. The molecular weight excluding hydrogens is 610 g/mol. The number of carbonyl (C=O) groups is 5. The fraction of sp³-hybridized carbons (Fsp3) is 0.361. The Morgan fingerprint density at radius 2 is 1.60 bits per heavy atom. The number of rotatable bonds is 6. The van der Waals surface area contributed by atoms with Crippen LogP contribution < -0.4 is 16.0 Å². The summed E-state index contributed by atoms with van der Waals surface area (Å²) in [6.45, 7) is 5.19. The normalized spacial score (nSPS) is 20.2. The molecule has 0 spiro atoms. The number of likely N-dealkylation sites (N-methyl/N-ethyl adjacent to an activating group) is 1. The van der Waals surface area contributed by atoms with Crippen molar-refractivity contribution in [3.63, 3.8) is 0 Å². The van der Waals surface area contributed by atoms with Crippen molar-refractivity contribution in [1.82, 2.24) is 35.3 Å². The van der Waals surface area contributed by atoms with E-state index in [0.29, 0.717) is 5.69 Å². The lowest BCUT2D eigenvalue weighted by Gasteiger charge is -2.30. The van der Waals surface area contributed by atoms with Crippen molar-refractivity contribution in [2.45, 2.75) is 57.8 Å². The standard InChI is InChI=1S/C36H43N7O5/c1-23(2)43-17-10-15-31(43)36(48)42-18-16-37-34(46)29(19-25-11-6-5-7-12-25)40-33(45)24(3)41(4)35(47)30(39-32(44)22-42)20-26-21-38-28-14-9-8-13-27(26)28/h5-15,17,21,23-24,29-30,38H,16,18-20,22H2,1-4H3,(H,37,46)(H,39,44)(H,40,45)/t24-,29-,30-/m0/s1. The number of hydrogen-bond acceptors (Lipinski definition) is 5. The number of aromatic amines is 1. The summed E-state index contributed by atoms with van der Waals surface area (Å²) in [6.07, 6.45) is 3.97. The Hall–Kier alpha value is -5.39. The molecule has 0 aliphatic carbocycles. The van der Waals surface area contributed by atoms with Crippen molar-refractivity contribution < 1.29 is 24.0 Å². The van der Waals surface area contributed by atoms with Crippen molar-refractivity contribution >= 4 is 40.4 Å². The first-order valence-electron chi connectivity index (χ1n) is 16.2. The molecule has 1 aliphatic rings. The minimum absolute atomic E-state index is 0.00556. The van der Waals surface area contributed by atoms with Crippen LogP contribution in [0.1, 0.15) is 48.4 Å². The zero-order valence-corrected chi connectivity index (χ0v) is 27.7. The maximum absolute atomic E-state index is 14.1. The van der Waals surface area contributed by atoms with Crippen LogP contribution in [0.4, 0.5) is 0 Å². The number of hydrogen-bond donors (Lipinski definition) is 4. The van der Waals surface area contributed by atoms with Gasteiger partial charge in [0.15, 0.2) is 0 Å². The molecule has 0 radical (unpaired) electrons. The summed E-state index contributed by atoms with van der Waals surface area (Å²) in [7, 11) is 1.50. The van der Waals surface area contributed by atoms with Gasteiger partial charge in [0.1, 0.15) is 23.8 Å². The number of H-pyrrole nitrogens is 1. The first-order valence-corrected chi connectivity index (χ1v) is 16.2. The van der Waals surface area contributed by atoms with E-state index in [2.05, 4.69) is 20.9 Å². The zero-order chi connectivity index (χ0) is 34.4. The molecule has 5 amide bonds. The van der Waals surface area contributed by atoms with E-state index in [9.17, 15) is 24.0 Å². The Morgan fingerprint density at radius 1 is 0.875 bits per heavy atom. The van der Waals surface area contributed by atoms with Gasteiger partial charge in [0.05, 0.1) is 6.54 Å². The number of nitrogens with zero attached hydrogens (tertiary/aromatic N) is 3. The molecule has 12 heteroatoms. The van der Waals surface area contributed by atoms with Crippen LogP contribution in [0.15, 0.2) is 79.1 Å². The minimum Gasteiger partial charge on any atom is -0.361 e. The van der Waals surface area contributed by atoms with Gasteiger partial charge in [0.2, 0.25) is 23.6 Å². The van der Waals surface area contributed by atoms with Gasteiger partial charge in [-0.25, -0.2) is 0 Å². The van der Waals surface area contributed by atoms with E-state index >= 15 is 0 Å². The van der Waals surface area contributed by atoms with Crippen LogP contribution in [0.25, 0.3) is 10.9 Å². The second-order valence-corrected chi connectivity index (χ2v) is 12.5. The quantitative estimate of drug-likeness (QED) is 0.252. The van der Waals surface area contributed by atoms with Gasteiger partial charge >= 0.3 is 0 Å². The molecular formula is C36H43N7O5. The number of para-hydroxylation sites is 1. The van der Waals surface area contributed by atoms with Crippen LogP contribution in [0.3, 0.4) is 0 Å². The molecule has 4 aromatic rings. The molecule has 12 nitrogen and oxygen atoms in total. The van der Waals surface area contributed by atoms with Gasteiger partial charge in [0.25, 0.3) is 5.91 Å². The van der Waals surface area contributed by atoms with Gasteiger partial charge in [-0.15, -0.1) is 0 Å². The van der Waals surface area contributed by atoms with E-state index in [1.54, 1.807) is 31.5 Å². The SMILES string of the molecule is CC(C)n1cccc1C(=O)N1CCNC(=O)[C@H](Cc2ccccc2)NC(=O)[C@H](C)N(C)C(=O)[C@H](Cc2c[nH]c3ccccc23)NC(=O)C1. The maximum atomic E-state index is 14.1. The third-order valence-corrected chi connectivity index (χ3v) is 8.81. The highest BCUT2D eigenvalue weighted by atomic mass is 16.2. The smallest absolute Gasteiger partial charge is 0.271 e. The molecule has 2 aromatic carbocycles. The summed E-state index contributed by atoms with van der Waals surface area (Å²) < 4.78 is 1.82. The van der Waals surface area contributed by atoms with Gasteiger partial charge in [-0.05, 0) is 50.1 Å². The number of benzene rings is 2. The first kappa shape index (κ1) is 34.0. The van der Waals surface area contributed by atoms with Gasteiger partial charge in [0, 0.05) is 62.3 Å². The molecule has 4 N–H and O–H groups in total. The van der Waals surface area contributed by atoms with Crippen LogP contribution in [-0.4, -0.2) is 93.7 Å². The van der Waals surface area contributed by atoms with E-state index in [1.807, 2.05) is 73.0 Å². The van der Waals surface area contributed by atoms with Gasteiger partial charge < -0.3 is 35.3 Å². The summed E-state index contributed by atoms with van der Waals surface area (Å²) in [6, 6.07) is 17.5. The van der Waals surface area contributed by atoms with E-state index < -0.39 is 41.8 Å². The molecule has 252 valence electrons. The number of fused-ring (bicyclic) bond motifs is 1. The molecule has 48 heavy (non-hydrogen) atoms. The van der Waals surface area contributed by atoms with Crippen LogP contribution in [0.5, 0.6) is 0 Å². The molecule has 1 aliphatic heterocycles. The van der Waals surface area contributed by atoms with Gasteiger partial charge in [-0.3, -0.25) is 24.0 Å². The molecule has 0 unspecified atom stereocenters. The van der Waals surface area contributed by atoms with Crippen LogP contribution >= 0.6 is 0 Å². The van der Waals surface area contributed by atoms with Crippen LogP contribution in [0, 0.1) is 0 Å². The lowest BCUT2D eigenvalue weighted by Crippen LogP contribution is -2.57. The van der Waals surface area contributed by atoms with Crippen molar-refractivity contribution in [2.24, 2.45) is 0 Å². The Balaban J connectivity index is 1.48. The summed E-state index contributed by atoms with van der Waals surface area (Å²) in [5.41, 5.74) is 2.94. The van der Waals surface area contributed by atoms with Gasteiger partial charge in [-0.2, -0.15) is 0 Å². The highest BCUT2D eigenvalue weighted by molar-refractivity contribution is 5.98. The van der Waals surface area contributed by atoms with Crippen molar-refractivity contribution in [3.8, 4) is 0 Å². The molecule has 3 atom stereocenters. The van der Waals surface area contributed by atoms with E-state index in [-0.39, 0.29) is 44.4 Å². The largest absolute Gasteiger partial charge is 0.361 e. The summed E-state index contributed by atoms with van der Waals surface area (Å²) in [4.78, 5) is 74.5. The second kappa shape index (κ2) is 15.0. The summed E-state index contributed by atoms with van der Waals surface area (Å²) in [5, 5.41) is 9.44. The van der Waals surface area contributed by atoms with Crippen LogP contribution in [0.2, 0.25) is 0 Å². The third kappa shape index (κ3) is 7.76. The number of amides is 5. The number of carbonyl (C=O) groups excluding carboxylic acids is 5. The lowest BCUT2D eigenvalue weighted by atomic mass is 10.0. The fourth-order valence-electron chi connectivity index (χ4n) is 5.97. The second-order valence-electron chi connectivity index (χ2n) is 12.5. The van der Waals surface area contributed by atoms with E-state index in [4.69, 9.17) is 0 Å². The highest BCUT2D eigenvalue weighted by Crippen LogP contribution is 2.20. The third-order valence-electron chi connectivity index (χ3n) is 8.81. The molecule has 3 heterocycles. The number of nitrogens with one attached hydrogen (secondary N) is 4. The fourth-order valence-corrected chi connectivity index (χ4v) is 5.97. The summed E-state index contributed by atoms with van der Waals surface area (Å²) in [5.74, 6) is -2.37. The van der Waals surface area contributed by atoms with Crippen molar-refractivity contribution in [2.75, 3.05) is 26.7 Å².